The van der Waals surface area contributed by atoms with Gasteiger partial charge in [-0.25, -0.2) is 0 Å². The molecule has 1 heterocycles. The third kappa shape index (κ3) is 4.06. The van der Waals surface area contributed by atoms with Crippen LogP contribution in [0.3, 0.4) is 0 Å². The quantitative estimate of drug-likeness (QED) is 0.882. The number of hydrogen-bond donors (Lipinski definition) is 1. The number of nitrogens with zero attached hydrogens (tertiary/aromatic N) is 1. The smallest absolute Gasteiger partial charge is 0.322 e. The molecule has 0 spiro atoms. The number of aromatic nitrogens is 1. The van der Waals surface area contributed by atoms with Gasteiger partial charge in [0.2, 0.25) is 0 Å². The lowest BCUT2D eigenvalue weighted by Gasteiger charge is -2.10. The highest BCUT2D eigenvalue weighted by atomic mass is 35.5. The van der Waals surface area contributed by atoms with Crippen molar-refractivity contribution in [2.75, 3.05) is 7.11 Å². The molecule has 0 aliphatic carbocycles. The number of ether oxygens (including phenoxy) is 1. The highest BCUT2D eigenvalue weighted by Gasteiger charge is 2.15. The zero-order chi connectivity index (χ0) is 12.3. The van der Waals surface area contributed by atoms with Gasteiger partial charge in [-0.2, -0.15) is 0 Å². The first-order valence-corrected chi connectivity index (χ1v) is 5.38. The van der Waals surface area contributed by atoms with Crippen molar-refractivity contribution in [2.45, 2.75) is 12.5 Å². The molecule has 0 amide bonds. The van der Waals surface area contributed by atoms with E-state index >= 15 is 0 Å². The molecule has 4 nitrogen and oxygen atoms in total. The van der Waals surface area contributed by atoms with Gasteiger partial charge in [0.05, 0.1) is 12.6 Å². The van der Waals surface area contributed by atoms with Crippen LogP contribution in [0.25, 0.3) is 10.9 Å². The summed E-state index contributed by atoms with van der Waals surface area (Å²) in [5, 5.41) is 1.02. The van der Waals surface area contributed by atoms with Gasteiger partial charge >= 0.3 is 5.97 Å². The Bertz CT molecular complexity index is 544. The zero-order valence-corrected chi connectivity index (χ0v) is 12.0. The number of esters is 1. The number of carbonyl (C=O) groups is 1. The summed E-state index contributed by atoms with van der Waals surface area (Å²) in [5.41, 5.74) is 7.67. The summed E-state index contributed by atoms with van der Waals surface area (Å²) in [7, 11) is 1.34. The average molecular weight is 303 g/mol. The molecule has 0 fully saturated rings. The number of halogens is 2. The molecule has 0 aliphatic rings. The van der Waals surface area contributed by atoms with E-state index in [1.807, 2.05) is 30.3 Å². The van der Waals surface area contributed by atoms with E-state index in [4.69, 9.17) is 5.73 Å². The van der Waals surface area contributed by atoms with Crippen LogP contribution in [0.5, 0.6) is 0 Å². The van der Waals surface area contributed by atoms with E-state index in [1.54, 1.807) is 6.20 Å². The van der Waals surface area contributed by atoms with E-state index in [1.165, 1.54) is 7.11 Å². The molecule has 2 aromatic rings. The van der Waals surface area contributed by atoms with Crippen LogP contribution in [0.4, 0.5) is 0 Å². The van der Waals surface area contributed by atoms with E-state index in [0.29, 0.717) is 6.42 Å². The minimum Gasteiger partial charge on any atom is -0.468 e. The Morgan fingerprint density at radius 3 is 2.68 bits per heavy atom. The molecule has 2 rings (SSSR count). The molecular weight excluding hydrogens is 287 g/mol. The van der Waals surface area contributed by atoms with E-state index in [2.05, 4.69) is 9.72 Å². The number of pyridine rings is 1. The highest BCUT2D eigenvalue weighted by molar-refractivity contribution is 5.85. The maximum absolute atomic E-state index is 11.3. The predicted octanol–water partition coefficient (Wildman–Crippen LogP) is 2.12. The van der Waals surface area contributed by atoms with Gasteiger partial charge < -0.3 is 10.5 Å². The van der Waals surface area contributed by atoms with Crippen LogP contribution in [0.1, 0.15) is 5.56 Å². The lowest BCUT2D eigenvalue weighted by Crippen LogP contribution is -2.33. The highest BCUT2D eigenvalue weighted by Crippen LogP contribution is 2.17. The number of rotatable bonds is 3. The molecule has 19 heavy (non-hydrogen) atoms. The Labute approximate surface area is 124 Å². The average Bonchev–Trinajstić information content (AvgIpc) is 2.38. The van der Waals surface area contributed by atoms with Crippen LogP contribution >= 0.6 is 24.8 Å². The van der Waals surface area contributed by atoms with E-state index in [-0.39, 0.29) is 24.8 Å². The summed E-state index contributed by atoms with van der Waals surface area (Å²) in [6.45, 7) is 0. The van der Waals surface area contributed by atoms with Crippen molar-refractivity contribution in [3.8, 4) is 0 Å². The predicted molar refractivity (Wildman–Crippen MR) is 79.9 cm³/mol. The van der Waals surface area contributed by atoms with Crippen molar-refractivity contribution in [2.24, 2.45) is 5.73 Å². The number of methoxy groups -OCH3 is 1. The molecule has 0 radical (unpaired) electrons. The van der Waals surface area contributed by atoms with Gasteiger partial charge in [0.25, 0.3) is 0 Å². The molecular formula is C13H16Cl2N2O2. The van der Waals surface area contributed by atoms with Gasteiger partial charge in [0.1, 0.15) is 6.04 Å². The minimum atomic E-state index is -0.634. The normalized spacial score (nSPS) is 11.1. The SMILES string of the molecule is COC(=O)C(N)Cc1ccnc2ccccc12.Cl.Cl. The molecule has 1 atom stereocenters. The zero-order valence-electron chi connectivity index (χ0n) is 10.4. The van der Waals surface area contributed by atoms with Crippen molar-refractivity contribution < 1.29 is 9.53 Å². The fourth-order valence-corrected chi connectivity index (χ4v) is 1.80. The van der Waals surface area contributed by atoms with Gasteiger partial charge in [0, 0.05) is 11.6 Å². The molecule has 104 valence electrons. The monoisotopic (exact) mass is 302 g/mol. The van der Waals surface area contributed by atoms with Crippen molar-refractivity contribution in [1.82, 2.24) is 4.98 Å². The first kappa shape index (κ1) is 17.6. The molecule has 0 saturated heterocycles. The van der Waals surface area contributed by atoms with E-state index in [0.717, 1.165) is 16.5 Å². The summed E-state index contributed by atoms with van der Waals surface area (Å²) >= 11 is 0. The second-order valence-corrected chi connectivity index (χ2v) is 3.82. The second-order valence-electron chi connectivity index (χ2n) is 3.82. The second kappa shape index (κ2) is 7.94. The molecule has 2 N–H and O–H groups in total. The van der Waals surface area contributed by atoms with Gasteiger partial charge in [-0.05, 0) is 24.1 Å². The van der Waals surface area contributed by atoms with Crippen molar-refractivity contribution in [1.29, 1.82) is 0 Å². The number of nitrogens with two attached hydrogens (primary N) is 1. The third-order valence-corrected chi connectivity index (χ3v) is 2.68. The van der Waals surface area contributed by atoms with Gasteiger partial charge in [-0.3, -0.25) is 9.78 Å². The summed E-state index contributed by atoms with van der Waals surface area (Å²) in [6.07, 6.45) is 2.18. The number of hydrogen-bond acceptors (Lipinski definition) is 4. The summed E-state index contributed by atoms with van der Waals surface area (Å²) in [4.78, 5) is 15.5. The Balaban J connectivity index is 0.00000162. The van der Waals surface area contributed by atoms with Crippen LogP contribution in [-0.4, -0.2) is 24.1 Å². The maximum Gasteiger partial charge on any atom is 0.322 e. The number of para-hydroxylation sites is 1. The molecule has 1 unspecified atom stereocenters. The lowest BCUT2D eigenvalue weighted by atomic mass is 10.0. The topological polar surface area (TPSA) is 65.2 Å². The molecule has 0 aliphatic heterocycles. The van der Waals surface area contributed by atoms with Crippen molar-refractivity contribution in [3.05, 3.63) is 42.1 Å². The van der Waals surface area contributed by atoms with Crippen LogP contribution in [-0.2, 0) is 16.0 Å². The number of carbonyl (C=O) groups excluding carboxylic acids is 1. The van der Waals surface area contributed by atoms with Crippen LogP contribution < -0.4 is 5.73 Å². The molecule has 0 saturated carbocycles. The Morgan fingerprint density at radius 1 is 1.32 bits per heavy atom. The summed E-state index contributed by atoms with van der Waals surface area (Å²) < 4.78 is 4.62. The maximum atomic E-state index is 11.3. The Hall–Kier alpha value is -1.36. The summed E-state index contributed by atoms with van der Waals surface area (Å²) in [6, 6.07) is 9.03. The fraction of sp³-hybridized carbons (Fsp3) is 0.231. The van der Waals surface area contributed by atoms with Gasteiger partial charge in [-0.15, -0.1) is 24.8 Å². The lowest BCUT2D eigenvalue weighted by molar-refractivity contribution is -0.142. The fourth-order valence-electron chi connectivity index (χ4n) is 1.80. The standard InChI is InChI=1S/C13H14N2O2.2ClH/c1-17-13(16)11(14)8-9-6-7-15-12-5-3-2-4-10(9)12;;/h2-7,11H,8,14H2,1H3;2*1H. The van der Waals surface area contributed by atoms with Crippen LogP contribution in [0.2, 0.25) is 0 Å². The third-order valence-electron chi connectivity index (χ3n) is 2.68. The molecule has 0 bridgehead atoms. The number of fused-ring (bicyclic) bond motifs is 1. The van der Waals surface area contributed by atoms with Crippen molar-refractivity contribution in [3.63, 3.8) is 0 Å². The minimum absolute atomic E-state index is 0. The van der Waals surface area contributed by atoms with E-state index in [9.17, 15) is 4.79 Å². The first-order valence-electron chi connectivity index (χ1n) is 5.38. The van der Waals surface area contributed by atoms with Crippen LogP contribution in [0.15, 0.2) is 36.5 Å². The van der Waals surface area contributed by atoms with Gasteiger partial charge in [0.15, 0.2) is 0 Å². The molecule has 1 aromatic carbocycles. The van der Waals surface area contributed by atoms with E-state index < -0.39 is 12.0 Å². The van der Waals surface area contributed by atoms with Crippen LogP contribution in [0, 0.1) is 0 Å². The first-order chi connectivity index (χ1) is 8.22. The van der Waals surface area contributed by atoms with Gasteiger partial charge in [-0.1, -0.05) is 18.2 Å². The number of benzene rings is 1. The Morgan fingerprint density at radius 2 is 2.00 bits per heavy atom. The molecule has 6 heteroatoms. The summed E-state index contributed by atoms with van der Waals surface area (Å²) in [5.74, 6) is -0.397. The Kier molecular flexibility index (Phi) is 7.37. The van der Waals surface area contributed by atoms with Crippen molar-refractivity contribution >= 4 is 41.7 Å². The molecule has 1 aromatic heterocycles. The largest absolute Gasteiger partial charge is 0.468 e.